The van der Waals surface area contributed by atoms with Crippen LogP contribution in [-0.2, 0) is 27.8 Å². The van der Waals surface area contributed by atoms with E-state index in [4.69, 9.17) is 58.1 Å². The molecule has 0 rings (SSSR count). The van der Waals surface area contributed by atoms with Crippen molar-refractivity contribution in [1.29, 1.82) is 0 Å². The van der Waals surface area contributed by atoms with Crippen LogP contribution >= 0.6 is 42.4 Å². The minimum absolute atomic E-state index is 0.165. The second-order valence-corrected chi connectivity index (χ2v) is 21.7. The maximum Gasteiger partial charge on any atom is 0.407 e. The summed E-state index contributed by atoms with van der Waals surface area (Å²) in [4.78, 5) is 11.9. The van der Waals surface area contributed by atoms with E-state index in [1.54, 1.807) is 0 Å². The number of alkyl halides is 3. The summed E-state index contributed by atoms with van der Waals surface area (Å²) >= 11 is 16.9. The minimum Gasteiger partial charge on any atom is -0.445 e. The summed E-state index contributed by atoms with van der Waals surface area (Å²) in [5.41, 5.74) is 0. The van der Waals surface area contributed by atoms with Crippen molar-refractivity contribution in [2.24, 2.45) is 0 Å². The fourth-order valence-electron chi connectivity index (χ4n) is 7.27. The Labute approximate surface area is 386 Å². The fourth-order valence-corrected chi connectivity index (χ4v) is 9.12. The van der Waals surface area contributed by atoms with E-state index >= 15 is 0 Å². The third-order valence-corrected chi connectivity index (χ3v) is 13.3. The van der Waals surface area contributed by atoms with Gasteiger partial charge in [0.15, 0.2) is 0 Å². The number of hydrogen-bond acceptors (Lipinski definition) is 7. The lowest BCUT2D eigenvalue weighted by Crippen LogP contribution is -2.29. The molecule has 0 fully saturated rings. The van der Waals surface area contributed by atoms with Gasteiger partial charge in [0.05, 0.1) is 19.4 Å². The van der Waals surface area contributed by atoms with E-state index in [0.29, 0.717) is 32.5 Å². The molecule has 8 nitrogen and oxygen atoms in total. The average Bonchev–Trinajstić information content (AvgIpc) is 3.22. The molecule has 1 N–H and O–H groups in total. The average molecular weight is 936 g/mol. The van der Waals surface area contributed by atoms with Gasteiger partial charge in [0.25, 0.3) is 0 Å². The number of carbonyl (C=O) groups is 1. The fraction of sp³-hybridized carbons (Fsp3) is 0.979. The second kappa shape index (κ2) is 47.2. The van der Waals surface area contributed by atoms with E-state index in [2.05, 4.69) is 19.2 Å². The van der Waals surface area contributed by atoms with Crippen molar-refractivity contribution in [1.82, 2.24) is 5.32 Å². The van der Waals surface area contributed by atoms with Crippen LogP contribution in [0.5, 0.6) is 0 Å². The van der Waals surface area contributed by atoms with Crippen LogP contribution in [0.4, 0.5) is 4.79 Å². The number of halogens is 3. The van der Waals surface area contributed by atoms with E-state index in [1.807, 2.05) is 0 Å². The zero-order valence-electron chi connectivity index (χ0n) is 39.1. The molecule has 0 aromatic heterocycles. The number of unbranched alkanes of at least 4 members (excludes halogenated alkanes) is 30. The van der Waals surface area contributed by atoms with Crippen LogP contribution < -0.4 is 5.32 Å². The van der Waals surface area contributed by atoms with Crippen LogP contribution in [0.3, 0.4) is 0 Å². The molecule has 0 saturated carbocycles. The predicted octanol–water partition coefficient (Wildman–Crippen LogP) is 17.0. The summed E-state index contributed by atoms with van der Waals surface area (Å²) in [5.74, 6) is 0. The molecule has 0 atom stereocenters. The number of ether oxygens (including phenoxy) is 3. The highest BCUT2D eigenvalue weighted by Crippen LogP contribution is 2.48. The molecule has 360 valence electrons. The second-order valence-electron chi connectivity index (χ2n) is 17.0. The molecule has 60 heavy (non-hydrogen) atoms. The first-order valence-corrected chi connectivity index (χ1v) is 28.1. The highest BCUT2D eigenvalue weighted by Gasteiger charge is 2.25. The molecule has 0 aliphatic rings. The zero-order valence-corrected chi connectivity index (χ0v) is 42.2. The van der Waals surface area contributed by atoms with Crippen molar-refractivity contribution in [3.63, 3.8) is 0 Å². The normalized spacial score (nSPS) is 12.1. The molecule has 0 bridgehead atoms. The lowest BCUT2D eigenvalue weighted by atomic mass is 10.0. The molecule has 0 aliphatic heterocycles. The van der Waals surface area contributed by atoms with Gasteiger partial charge in [-0.25, -0.2) is 4.79 Å². The third kappa shape index (κ3) is 49.2. The number of alkyl carbamates (subject to hydrolysis) is 1. The van der Waals surface area contributed by atoms with Crippen LogP contribution in [0.25, 0.3) is 0 Å². The van der Waals surface area contributed by atoms with Crippen LogP contribution in [0, 0.1) is 0 Å². The minimum atomic E-state index is -3.38. The molecular weight excluding hydrogens is 840 g/mol. The maximum absolute atomic E-state index is 13.6. The smallest absolute Gasteiger partial charge is 0.407 e. The lowest BCUT2D eigenvalue weighted by molar-refractivity contribution is 0.102. The van der Waals surface area contributed by atoms with Gasteiger partial charge in [0.1, 0.15) is 6.61 Å². The quantitative estimate of drug-likeness (QED) is 0.0369. The Hall–Kier alpha value is 0.210. The lowest BCUT2D eigenvalue weighted by Gasteiger charge is -2.19. The van der Waals surface area contributed by atoms with Crippen LogP contribution in [0.15, 0.2) is 0 Å². The summed E-state index contributed by atoms with van der Waals surface area (Å²) < 4.78 is 40.1. The first-order valence-electron chi connectivity index (χ1n) is 25.2. The van der Waals surface area contributed by atoms with E-state index in [-0.39, 0.29) is 32.5 Å². The first kappa shape index (κ1) is 60.2. The molecule has 0 aromatic rings. The Bertz CT molecular complexity index is 881. The van der Waals surface area contributed by atoms with Gasteiger partial charge in [-0.1, -0.05) is 241 Å². The summed E-state index contributed by atoms with van der Waals surface area (Å²) in [5, 5.41) is 2.58. The summed E-state index contributed by atoms with van der Waals surface area (Å²) in [7, 11) is -3.38. The monoisotopic (exact) mass is 934 g/mol. The van der Waals surface area contributed by atoms with E-state index < -0.39 is 17.5 Å². The van der Waals surface area contributed by atoms with Crippen molar-refractivity contribution in [2.75, 3.05) is 59.0 Å². The van der Waals surface area contributed by atoms with Crippen LogP contribution in [0.2, 0.25) is 0 Å². The highest BCUT2D eigenvalue weighted by molar-refractivity contribution is 7.53. The number of hydrogen-bond donors (Lipinski definition) is 1. The summed E-state index contributed by atoms with van der Waals surface area (Å²) in [6, 6.07) is 0. The third-order valence-electron chi connectivity index (χ3n) is 11.0. The topological polar surface area (TPSA) is 92.3 Å². The summed E-state index contributed by atoms with van der Waals surface area (Å²) in [6.45, 7) is 7.58. The maximum atomic E-state index is 13.6. The van der Waals surface area contributed by atoms with Crippen LogP contribution in [0.1, 0.15) is 239 Å². The molecule has 0 spiro atoms. The zero-order chi connectivity index (χ0) is 43.9. The Morgan fingerprint density at radius 3 is 1.05 bits per heavy atom. The highest BCUT2D eigenvalue weighted by atomic mass is 35.6. The Kier molecular flexibility index (Phi) is 47.3. The Balaban J connectivity index is 4.01. The van der Waals surface area contributed by atoms with Crippen molar-refractivity contribution in [3.8, 4) is 0 Å². The molecule has 0 aliphatic carbocycles. The van der Waals surface area contributed by atoms with Crippen molar-refractivity contribution >= 4 is 48.5 Å². The van der Waals surface area contributed by atoms with E-state index in [1.165, 1.54) is 193 Å². The van der Waals surface area contributed by atoms with E-state index in [9.17, 15) is 9.36 Å². The number of amides is 1. The summed E-state index contributed by atoms with van der Waals surface area (Å²) in [6.07, 6.45) is 44.3. The number of rotatable bonds is 49. The van der Waals surface area contributed by atoms with Gasteiger partial charge in [-0.15, -0.1) is 0 Å². The van der Waals surface area contributed by atoms with Gasteiger partial charge < -0.3 is 28.6 Å². The predicted molar refractivity (Wildman–Crippen MR) is 259 cm³/mol. The molecule has 0 aromatic carbocycles. The van der Waals surface area contributed by atoms with Gasteiger partial charge in [-0.3, -0.25) is 4.57 Å². The van der Waals surface area contributed by atoms with Gasteiger partial charge >= 0.3 is 13.7 Å². The molecule has 0 unspecified atom stereocenters. The van der Waals surface area contributed by atoms with Gasteiger partial charge in [-0.05, 0) is 32.1 Å². The van der Waals surface area contributed by atoms with Gasteiger partial charge in [0, 0.05) is 33.0 Å². The van der Waals surface area contributed by atoms with Crippen LogP contribution in [-0.4, -0.2) is 68.8 Å². The molecule has 0 heterocycles. The van der Waals surface area contributed by atoms with Crippen molar-refractivity contribution < 1.29 is 32.6 Å². The van der Waals surface area contributed by atoms with Crippen molar-refractivity contribution in [3.05, 3.63) is 0 Å². The molecule has 1 amide bonds. The largest absolute Gasteiger partial charge is 0.445 e. The van der Waals surface area contributed by atoms with Gasteiger partial charge in [-0.2, -0.15) is 0 Å². The molecule has 12 heteroatoms. The Morgan fingerprint density at radius 1 is 0.433 bits per heavy atom. The number of carbonyl (C=O) groups excluding carboxylic acids is 1. The van der Waals surface area contributed by atoms with Gasteiger partial charge in [0.2, 0.25) is 3.79 Å². The Morgan fingerprint density at radius 2 is 0.733 bits per heavy atom. The standard InChI is InChI=1S/C48H95Cl3NO7P/c1-3-5-7-9-11-13-15-17-19-21-23-25-27-29-31-33-39-55-41-36-43-58-60(54,45-35-38-52-47(53)57-46-48(49,50)51)59-44-37-42-56-40-34-32-30-28-26-24-22-20-18-16-14-12-10-8-6-4-2/h3-46H2,1-2H3,(H,52,53). The number of nitrogens with one attached hydrogen (secondary N) is 1. The molecular formula is C48H95Cl3NO7P. The molecule has 0 radical (unpaired) electrons. The van der Waals surface area contributed by atoms with Crippen molar-refractivity contribution in [2.45, 2.75) is 242 Å². The molecule has 0 saturated heterocycles. The van der Waals surface area contributed by atoms with E-state index in [0.717, 1.165) is 26.1 Å². The SMILES string of the molecule is CCCCCCCCCCCCCCCCCCOCCCOP(=O)(CCCNC(=O)OCC(Cl)(Cl)Cl)OCCCOCCCCCCCCCCCCCCCCCC. The first-order chi connectivity index (χ1) is 29.2.